The summed E-state index contributed by atoms with van der Waals surface area (Å²) < 4.78 is 15.2. The van der Waals surface area contributed by atoms with E-state index < -0.39 is 0 Å². The number of hydrogen-bond donors (Lipinski definition) is 2. The SMILES string of the molecule is CCCc1n[nH]c(=S)n1NCc1cc(OCC)c(OCc2ccccc2)cc1Br. The second-order valence-electron chi connectivity index (χ2n) is 6.46. The Bertz CT molecular complexity index is 988. The van der Waals surface area contributed by atoms with Crippen LogP contribution in [0.3, 0.4) is 0 Å². The summed E-state index contributed by atoms with van der Waals surface area (Å²) in [5.74, 6) is 2.31. The van der Waals surface area contributed by atoms with Gasteiger partial charge >= 0.3 is 0 Å². The zero-order chi connectivity index (χ0) is 20.6. The fraction of sp³-hybridized carbons (Fsp3) is 0.333. The monoisotopic (exact) mass is 476 g/mol. The summed E-state index contributed by atoms with van der Waals surface area (Å²) in [6, 6.07) is 14.0. The summed E-state index contributed by atoms with van der Waals surface area (Å²) in [6.45, 7) is 5.67. The smallest absolute Gasteiger partial charge is 0.214 e. The van der Waals surface area contributed by atoms with Gasteiger partial charge < -0.3 is 14.9 Å². The Morgan fingerprint density at radius 3 is 2.62 bits per heavy atom. The van der Waals surface area contributed by atoms with Crippen LogP contribution in [-0.2, 0) is 19.6 Å². The number of ether oxygens (including phenoxy) is 2. The minimum Gasteiger partial charge on any atom is -0.490 e. The molecule has 0 atom stereocenters. The molecule has 0 aliphatic carbocycles. The van der Waals surface area contributed by atoms with Crippen LogP contribution in [0.4, 0.5) is 0 Å². The molecule has 0 aliphatic rings. The van der Waals surface area contributed by atoms with Crippen molar-refractivity contribution in [2.45, 2.75) is 39.8 Å². The summed E-state index contributed by atoms with van der Waals surface area (Å²) in [6.07, 6.45) is 1.84. The minimum absolute atomic E-state index is 0.482. The molecule has 0 aliphatic heterocycles. The van der Waals surface area contributed by atoms with Gasteiger partial charge in [-0.3, -0.25) is 5.10 Å². The van der Waals surface area contributed by atoms with Gasteiger partial charge in [0.05, 0.1) is 13.2 Å². The highest BCUT2D eigenvalue weighted by atomic mass is 79.9. The maximum absolute atomic E-state index is 6.02. The van der Waals surface area contributed by atoms with E-state index in [0.29, 0.717) is 36.0 Å². The van der Waals surface area contributed by atoms with Gasteiger partial charge in [-0.15, -0.1) is 0 Å². The van der Waals surface area contributed by atoms with Crippen LogP contribution in [0.1, 0.15) is 37.2 Å². The lowest BCUT2D eigenvalue weighted by Gasteiger charge is -2.16. The molecule has 1 heterocycles. The molecule has 0 bridgehead atoms. The number of rotatable bonds is 10. The van der Waals surface area contributed by atoms with Gasteiger partial charge in [-0.05, 0) is 48.8 Å². The molecule has 3 rings (SSSR count). The van der Waals surface area contributed by atoms with Crippen LogP contribution in [-0.4, -0.2) is 21.5 Å². The lowest BCUT2D eigenvalue weighted by molar-refractivity contribution is 0.269. The lowest BCUT2D eigenvalue weighted by atomic mass is 10.2. The molecule has 0 unspecified atom stereocenters. The largest absolute Gasteiger partial charge is 0.490 e. The summed E-state index contributed by atoms with van der Waals surface area (Å²) in [5.41, 5.74) is 5.48. The summed E-state index contributed by atoms with van der Waals surface area (Å²) in [4.78, 5) is 0. The zero-order valence-corrected chi connectivity index (χ0v) is 19.0. The average Bonchev–Trinajstić information content (AvgIpc) is 3.07. The van der Waals surface area contributed by atoms with Crippen LogP contribution in [0.5, 0.6) is 11.5 Å². The molecule has 0 amide bonds. The molecular weight excluding hydrogens is 452 g/mol. The van der Waals surface area contributed by atoms with Crippen molar-refractivity contribution < 1.29 is 9.47 Å². The highest BCUT2D eigenvalue weighted by Crippen LogP contribution is 2.34. The van der Waals surface area contributed by atoms with E-state index in [0.717, 1.165) is 34.3 Å². The van der Waals surface area contributed by atoms with E-state index in [-0.39, 0.29) is 0 Å². The highest BCUT2D eigenvalue weighted by Gasteiger charge is 2.12. The van der Waals surface area contributed by atoms with Crippen molar-refractivity contribution in [3.8, 4) is 11.5 Å². The quantitative estimate of drug-likeness (QED) is 0.384. The van der Waals surface area contributed by atoms with Gasteiger partial charge in [-0.1, -0.05) is 53.2 Å². The molecule has 6 nitrogen and oxygen atoms in total. The molecule has 0 fully saturated rings. The van der Waals surface area contributed by atoms with Crippen molar-refractivity contribution >= 4 is 28.1 Å². The molecule has 1 aromatic heterocycles. The van der Waals surface area contributed by atoms with Crippen molar-refractivity contribution in [2.24, 2.45) is 0 Å². The summed E-state index contributed by atoms with van der Waals surface area (Å²) in [5, 5.41) is 7.12. The number of nitrogens with zero attached hydrogens (tertiary/aromatic N) is 2. The third-order valence-electron chi connectivity index (χ3n) is 4.29. The van der Waals surface area contributed by atoms with Crippen molar-refractivity contribution in [3.63, 3.8) is 0 Å². The zero-order valence-electron chi connectivity index (χ0n) is 16.6. The third kappa shape index (κ3) is 5.61. The molecule has 3 aromatic rings. The van der Waals surface area contributed by atoms with Gasteiger partial charge in [0.15, 0.2) is 17.3 Å². The second kappa shape index (κ2) is 10.5. The van der Waals surface area contributed by atoms with Crippen LogP contribution in [0.25, 0.3) is 0 Å². The maximum Gasteiger partial charge on any atom is 0.214 e. The fourth-order valence-corrected chi connectivity index (χ4v) is 3.56. The first kappa shape index (κ1) is 21.4. The Labute approximate surface area is 184 Å². The van der Waals surface area contributed by atoms with E-state index in [4.69, 9.17) is 21.7 Å². The number of aromatic nitrogens is 3. The molecule has 2 aromatic carbocycles. The molecule has 2 N–H and O–H groups in total. The molecule has 0 radical (unpaired) electrons. The molecular formula is C21H25BrN4O2S. The Balaban J connectivity index is 1.77. The summed E-state index contributed by atoms with van der Waals surface area (Å²) >= 11 is 8.99. The van der Waals surface area contributed by atoms with Gasteiger partial charge in [-0.25, -0.2) is 4.68 Å². The van der Waals surface area contributed by atoms with Crippen LogP contribution in [0.2, 0.25) is 0 Å². The molecule has 0 spiro atoms. The van der Waals surface area contributed by atoms with E-state index >= 15 is 0 Å². The Kier molecular flexibility index (Phi) is 7.71. The average molecular weight is 477 g/mol. The van der Waals surface area contributed by atoms with Gasteiger partial charge in [-0.2, -0.15) is 5.10 Å². The molecule has 0 saturated carbocycles. The minimum atomic E-state index is 0.482. The van der Waals surface area contributed by atoms with Gasteiger partial charge in [0.2, 0.25) is 4.77 Å². The van der Waals surface area contributed by atoms with Gasteiger partial charge in [0, 0.05) is 10.9 Å². The van der Waals surface area contributed by atoms with Crippen LogP contribution in [0, 0.1) is 4.77 Å². The first-order chi connectivity index (χ1) is 14.1. The molecule has 29 heavy (non-hydrogen) atoms. The number of benzene rings is 2. The first-order valence-corrected chi connectivity index (χ1v) is 10.8. The maximum atomic E-state index is 6.02. The third-order valence-corrected chi connectivity index (χ3v) is 5.30. The van der Waals surface area contributed by atoms with E-state index in [1.54, 1.807) is 0 Å². The van der Waals surface area contributed by atoms with Crippen LogP contribution in [0.15, 0.2) is 46.9 Å². The van der Waals surface area contributed by atoms with E-state index in [9.17, 15) is 0 Å². The number of H-pyrrole nitrogens is 1. The second-order valence-corrected chi connectivity index (χ2v) is 7.70. The van der Waals surface area contributed by atoms with E-state index in [2.05, 4.69) is 38.5 Å². The van der Waals surface area contributed by atoms with E-state index in [1.807, 2.05) is 54.1 Å². The first-order valence-electron chi connectivity index (χ1n) is 9.64. The topological polar surface area (TPSA) is 64.1 Å². The van der Waals surface area contributed by atoms with E-state index in [1.165, 1.54) is 0 Å². The standard InChI is InChI=1S/C21H25BrN4O2S/c1-3-8-20-24-25-21(29)26(20)23-13-16-11-18(27-4-2)19(12-17(16)22)28-14-15-9-6-5-7-10-15/h5-7,9-12,23H,3-4,8,13-14H2,1-2H3,(H,25,29). The van der Waals surface area contributed by atoms with Crippen molar-refractivity contribution in [2.75, 3.05) is 12.0 Å². The highest BCUT2D eigenvalue weighted by molar-refractivity contribution is 9.10. The van der Waals surface area contributed by atoms with Crippen molar-refractivity contribution in [3.05, 3.63) is 68.7 Å². The molecule has 154 valence electrons. The number of nitrogens with one attached hydrogen (secondary N) is 2. The van der Waals surface area contributed by atoms with Gasteiger partial charge in [0.1, 0.15) is 6.61 Å². The Morgan fingerprint density at radius 1 is 1.14 bits per heavy atom. The normalized spacial score (nSPS) is 10.7. The summed E-state index contributed by atoms with van der Waals surface area (Å²) in [7, 11) is 0. The van der Waals surface area contributed by atoms with Gasteiger partial charge in [0.25, 0.3) is 0 Å². The van der Waals surface area contributed by atoms with Crippen molar-refractivity contribution in [1.82, 2.24) is 14.9 Å². The Hall–Kier alpha value is -2.32. The van der Waals surface area contributed by atoms with Crippen molar-refractivity contribution in [1.29, 1.82) is 0 Å². The fourth-order valence-electron chi connectivity index (χ4n) is 2.88. The van der Waals surface area contributed by atoms with Crippen LogP contribution >= 0.6 is 28.1 Å². The number of aryl methyl sites for hydroxylation is 1. The predicted molar refractivity (Wildman–Crippen MR) is 121 cm³/mol. The number of halogens is 1. The number of hydrogen-bond acceptors (Lipinski definition) is 5. The Morgan fingerprint density at radius 2 is 1.90 bits per heavy atom. The molecule has 8 heteroatoms. The predicted octanol–water partition coefficient (Wildman–Crippen LogP) is 5.38. The number of aromatic amines is 1. The molecule has 0 saturated heterocycles. The van der Waals surface area contributed by atoms with Crippen LogP contribution < -0.4 is 14.9 Å². The lowest BCUT2D eigenvalue weighted by Crippen LogP contribution is -2.18.